The number of hydrogen-bond donors (Lipinski definition) is 18. The zero-order valence-electron chi connectivity index (χ0n) is 34.1. The minimum absolute atomic E-state index is 0.0821. The Morgan fingerprint density at radius 2 is 0.529 bits per heavy atom. The average molecular weight is 921 g/mol. The number of aromatic hydroxyl groups is 13. The van der Waals surface area contributed by atoms with E-state index in [2.05, 4.69) is 0 Å². The van der Waals surface area contributed by atoms with Crippen LogP contribution in [0, 0.1) is 0 Å². The molecule has 68 heavy (non-hydrogen) atoms. The van der Waals surface area contributed by atoms with Crippen molar-refractivity contribution < 1.29 is 91.9 Å². The molecule has 0 amide bonds. The van der Waals surface area contributed by atoms with Crippen molar-refractivity contribution in [1.82, 2.24) is 0 Å². The lowest BCUT2D eigenvalue weighted by Gasteiger charge is -2.29. The second kappa shape index (κ2) is 13.4. The molecule has 18 N–H and O–H groups in total. The molecule has 340 valence electrons. The van der Waals surface area contributed by atoms with E-state index < -0.39 is 138 Å². The van der Waals surface area contributed by atoms with Gasteiger partial charge in [-0.3, -0.25) is 0 Å². The Bertz CT molecular complexity index is 3800. The molecule has 0 saturated heterocycles. The maximum absolute atomic E-state index is 12.3. The van der Waals surface area contributed by atoms with Gasteiger partial charge in [-0.1, -0.05) is 72.8 Å². The predicted octanol–water partition coefficient (Wildman–Crippen LogP) is 8.77. The average Bonchev–Trinajstić information content (AvgIpc) is 3.85. The Balaban J connectivity index is 1.38. The van der Waals surface area contributed by atoms with Gasteiger partial charge in [0.15, 0.2) is 69.0 Å². The first kappa shape index (κ1) is 41.1. The Kier molecular flexibility index (Phi) is 8.11. The lowest BCUT2D eigenvalue weighted by atomic mass is 9.81. The molecule has 2 atom stereocenters. The summed E-state index contributed by atoms with van der Waals surface area (Å²) in [5.74, 6) is -24.4. The first-order valence-electron chi connectivity index (χ1n) is 20.2. The Morgan fingerprint density at radius 1 is 0.265 bits per heavy atom. The molecule has 0 bridgehead atoms. The van der Waals surface area contributed by atoms with E-state index in [-0.39, 0.29) is 32.7 Å². The maximum atomic E-state index is 12.3. The Morgan fingerprint density at radius 3 is 0.868 bits per heavy atom. The number of fused-ring (bicyclic) bond motifs is 6. The normalized spacial score (nSPS) is 15.7. The highest BCUT2D eigenvalue weighted by Crippen LogP contribution is 2.67. The highest BCUT2D eigenvalue weighted by Gasteiger charge is 2.44. The molecule has 1 aliphatic carbocycles. The van der Waals surface area contributed by atoms with Gasteiger partial charge in [0.25, 0.3) is 0 Å². The number of aliphatic hydroxyl groups is 5. The second-order valence-electron chi connectivity index (χ2n) is 16.5. The number of rotatable bonds is 4. The van der Waals surface area contributed by atoms with E-state index in [4.69, 9.17) is 0 Å². The number of phenolic OH excluding ortho intramolecular Hbond substituents is 13. The van der Waals surface area contributed by atoms with Crippen LogP contribution in [0.1, 0.15) is 11.5 Å². The third-order valence-electron chi connectivity index (χ3n) is 13.2. The zero-order chi connectivity index (χ0) is 48.4. The van der Waals surface area contributed by atoms with E-state index in [0.717, 1.165) is 0 Å². The lowest BCUT2D eigenvalue weighted by Crippen LogP contribution is -2.29. The van der Waals surface area contributed by atoms with Crippen LogP contribution in [0.25, 0.3) is 98.0 Å². The van der Waals surface area contributed by atoms with Crippen molar-refractivity contribution in [2.45, 2.75) is 12.0 Å². The molecule has 10 aromatic carbocycles. The molecule has 10 aromatic rings. The summed E-state index contributed by atoms with van der Waals surface area (Å²) in [5, 5.41) is 206. The summed E-state index contributed by atoms with van der Waals surface area (Å²) >= 11 is 0. The Hall–Kier alpha value is -9.68. The maximum Gasteiger partial charge on any atom is 0.208 e. The third-order valence-corrected chi connectivity index (χ3v) is 13.2. The van der Waals surface area contributed by atoms with Crippen LogP contribution in [-0.4, -0.2) is 98.0 Å². The summed E-state index contributed by atoms with van der Waals surface area (Å²) in [6.45, 7) is 0. The van der Waals surface area contributed by atoms with Crippen molar-refractivity contribution in [3.8, 4) is 108 Å². The number of phenols is 13. The largest absolute Gasteiger partial charge is 0.508 e. The fourth-order valence-electron chi connectivity index (χ4n) is 10.3. The minimum atomic E-state index is -2.36. The van der Waals surface area contributed by atoms with E-state index in [0.29, 0.717) is 43.1 Å². The first-order valence-corrected chi connectivity index (χ1v) is 20.2. The highest BCUT2D eigenvalue weighted by atomic mass is 16.4. The fraction of sp³-hybridized carbons (Fsp3) is 0.0400. The van der Waals surface area contributed by atoms with E-state index >= 15 is 0 Å². The fourth-order valence-corrected chi connectivity index (χ4v) is 10.3. The molecule has 0 aliphatic heterocycles. The van der Waals surface area contributed by atoms with Gasteiger partial charge in [-0.05, 0) is 64.6 Å². The lowest BCUT2D eigenvalue weighted by molar-refractivity contribution is 0.0888. The summed E-state index contributed by atoms with van der Waals surface area (Å²) in [6, 6.07) is 20.3. The molecule has 18 nitrogen and oxygen atoms in total. The molecule has 18 heteroatoms. The predicted molar refractivity (Wildman–Crippen MR) is 245 cm³/mol. The zero-order valence-corrected chi connectivity index (χ0v) is 34.1. The summed E-state index contributed by atoms with van der Waals surface area (Å²) in [4.78, 5) is 0. The number of benzene rings is 8. The van der Waals surface area contributed by atoms with Gasteiger partial charge in [0, 0.05) is 11.1 Å². The van der Waals surface area contributed by atoms with Crippen LogP contribution >= 0.6 is 0 Å². The molecule has 0 spiro atoms. The molecule has 0 fully saturated rings. The van der Waals surface area contributed by atoms with Gasteiger partial charge in [0.1, 0.15) is 11.9 Å². The van der Waals surface area contributed by atoms with Crippen molar-refractivity contribution in [3.63, 3.8) is 0 Å². The number of aliphatic hydroxyl groups excluding tert-OH is 5. The van der Waals surface area contributed by atoms with Gasteiger partial charge >= 0.3 is 0 Å². The van der Waals surface area contributed by atoms with Gasteiger partial charge < -0.3 is 91.9 Å². The third kappa shape index (κ3) is 4.76. The highest BCUT2D eigenvalue weighted by molar-refractivity contribution is 6.47. The monoisotopic (exact) mass is 920 g/mol. The standard InChI is InChI=1S/C50H32O18/c51-33-27(34(52)38(56)29(37(33)55)31-41(59)45(63)49(67)46(64)42(31)60)25-21-15-9-1-5-13-6-2-10-16(19(13)15)22(21)26(24-18-12-4-8-14-7-3-11-17(20(14)18)23(24)25)28-35(53)39(57)30(40(58)36(28)54)32-43(61)47(65)50(68)48(66)44(32)62/h1-12,31,41,51-68H. The van der Waals surface area contributed by atoms with Gasteiger partial charge in [-0.25, -0.2) is 0 Å². The SMILES string of the molecule is OC1=C(O)C(O)C(c2c(O)c(O)c(-c3c4c5cccc6cccc(c4c(-c4c(O)c(O)c(-c7c(O)c(O)c(O)c(O)c7O)c(O)c4O)c4c7cccc8cccc(c34)c87)c65)c(O)c2O)C(O)=C1O. The Labute approximate surface area is 377 Å². The van der Waals surface area contributed by atoms with Gasteiger partial charge in [0.05, 0.1) is 33.7 Å². The molecule has 1 aliphatic rings. The van der Waals surface area contributed by atoms with Crippen molar-refractivity contribution in [1.29, 1.82) is 0 Å². The molecule has 11 rings (SSSR count). The van der Waals surface area contributed by atoms with Crippen LogP contribution in [0.5, 0.6) is 74.7 Å². The summed E-state index contributed by atoms with van der Waals surface area (Å²) in [5.41, 5.74) is -4.80. The van der Waals surface area contributed by atoms with Gasteiger partial charge in [-0.2, -0.15) is 0 Å². The van der Waals surface area contributed by atoms with Crippen LogP contribution < -0.4 is 0 Å². The van der Waals surface area contributed by atoms with Gasteiger partial charge in [-0.15, -0.1) is 0 Å². The molecular weight excluding hydrogens is 889 g/mol. The minimum Gasteiger partial charge on any atom is -0.508 e. The molecule has 0 aromatic heterocycles. The van der Waals surface area contributed by atoms with Crippen LogP contribution in [-0.2, 0) is 0 Å². The van der Waals surface area contributed by atoms with Crippen molar-refractivity contribution >= 4 is 64.6 Å². The van der Waals surface area contributed by atoms with Crippen molar-refractivity contribution in [3.05, 3.63) is 101 Å². The smallest absolute Gasteiger partial charge is 0.208 e. The quantitative estimate of drug-likeness (QED) is 0.0579. The van der Waals surface area contributed by atoms with Crippen LogP contribution in [0.2, 0.25) is 0 Å². The molecular formula is C50H32O18. The van der Waals surface area contributed by atoms with E-state index in [1.165, 1.54) is 0 Å². The summed E-state index contributed by atoms with van der Waals surface area (Å²) in [6.07, 6.45) is -2.36. The van der Waals surface area contributed by atoms with Crippen molar-refractivity contribution in [2.24, 2.45) is 0 Å². The topological polar surface area (TPSA) is 364 Å². The summed E-state index contributed by atoms with van der Waals surface area (Å²) < 4.78 is 0. The molecule has 0 heterocycles. The first-order chi connectivity index (χ1) is 32.3. The number of hydrogen-bond acceptors (Lipinski definition) is 18. The van der Waals surface area contributed by atoms with E-state index in [1.807, 2.05) is 0 Å². The van der Waals surface area contributed by atoms with E-state index in [9.17, 15) is 91.9 Å². The van der Waals surface area contributed by atoms with Gasteiger partial charge in [0.2, 0.25) is 23.0 Å². The van der Waals surface area contributed by atoms with Crippen LogP contribution in [0.3, 0.4) is 0 Å². The molecule has 0 saturated carbocycles. The van der Waals surface area contributed by atoms with Crippen LogP contribution in [0.15, 0.2) is 95.8 Å². The molecule has 2 unspecified atom stereocenters. The summed E-state index contributed by atoms with van der Waals surface area (Å²) in [7, 11) is 0. The van der Waals surface area contributed by atoms with E-state index in [1.54, 1.807) is 72.8 Å². The molecule has 0 radical (unpaired) electrons. The van der Waals surface area contributed by atoms with Crippen molar-refractivity contribution in [2.75, 3.05) is 0 Å². The van der Waals surface area contributed by atoms with Crippen LogP contribution in [0.4, 0.5) is 0 Å². The second-order valence-corrected chi connectivity index (χ2v) is 16.5.